The Morgan fingerprint density at radius 3 is 2.36 bits per heavy atom. The number of Topliss-reactive ketones (excluding diaryl/α,β-unsaturated/α-hetero) is 1. The van der Waals surface area contributed by atoms with Crippen LogP contribution in [0.25, 0.3) is 6.08 Å². The molecule has 0 atom stereocenters. The number of imide groups is 1. The number of ketones is 1. The molecule has 1 fully saturated rings. The maximum atomic E-state index is 13.0. The Bertz CT molecular complexity index is 1510. The minimum Gasteiger partial charge on any atom is -0.493 e. The van der Waals surface area contributed by atoms with Crippen LogP contribution in [0.2, 0.25) is 0 Å². The van der Waals surface area contributed by atoms with Crippen molar-refractivity contribution in [2.75, 3.05) is 13.7 Å². The van der Waals surface area contributed by atoms with Crippen LogP contribution in [0.1, 0.15) is 21.5 Å². The molecule has 1 aliphatic rings. The minimum absolute atomic E-state index is 0.0425. The number of hydrogen-bond donors (Lipinski definition) is 0. The molecular formula is C26H17F3N2O7S. The van der Waals surface area contributed by atoms with Gasteiger partial charge in [-0.15, -0.1) is 0 Å². The van der Waals surface area contributed by atoms with Crippen molar-refractivity contribution in [1.82, 2.24) is 4.90 Å². The number of nitro groups is 1. The number of halogens is 3. The summed E-state index contributed by atoms with van der Waals surface area (Å²) in [5, 5.41) is 10.7. The van der Waals surface area contributed by atoms with Gasteiger partial charge in [-0.25, -0.2) is 0 Å². The zero-order chi connectivity index (χ0) is 28.3. The van der Waals surface area contributed by atoms with Gasteiger partial charge in [-0.05, 0) is 47.7 Å². The molecule has 1 aliphatic heterocycles. The predicted molar refractivity (Wildman–Crippen MR) is 135 cm³/mol. The van der Waals surface area contributed by atoms with Crippen LogP contribution < -0.4 is 9.47 Å². The van der Waals surface area contributed by atoms with Crippen molar-refractivity contribution in [3.63, 3.8) is 0 Å². The highest BCUT2D eigenvalue weighted by Gasteiger charge is 2.36. The third-order valence-electron chi connectivity index (χ3n) is 5.46. The Morgan fingerprint density at radius 2 is 1.72 bits per heavy atom. The fourth-order valence-electron chi connectivity index (χ4n) is 3.55. The molecule has 9 nitrogen and oxygen atoms in total. The Kier molecular flexibility index (Phi) is 7.72. The molecule has 3 aromatic rings. The fraction of sp³-hybridized carbons (Fsp3) is 0.115. The molecule has 13 heteroatoms. The summed E-state index contributed by atoms with van der Waals surface area (Å²) < 4.78 is 49.7. The van der Waals surface area contributed by atoms with Gasteiger partial charge in [-0.1, -0.05) is 36.4 Å². The minimum atomic E-state index is -4.78. The molecule has 0 radical (unpaired) electrons. The van der Waals surface area contributed by atoms with Crippen LogP contribution in [0.3, 0.4) is 0 Å². The third kappa shape index (κ3) is 6.09. The normalized spacial score (nSPS) is 14.6. The number of nitro benzene ring substituents is 1. The average molecular weight is 558 g/mol. The predicted octanol–water partition coefficient (Wildman–Crippen LogP) is 6.33. The van der Waals surface area contributed by atoms with Crippen molar-refractivity contribution in [1.29, 1.82) is 0 Å². The highest BCUT2D eigenvalue weighted by Crippen LogP contribution is 2.41. The van der Waals surface area contributed by atoms with Gasteiger partial charge >= 0.3 is 11.9 Å². The summed E-state index contributed by atoms with van der Waals surface area (Å²) in [6, 6.07) is 14.3. The van der Waals surface area contributed by atoms with Gasteiger partial charge in [0.05, 0.1) is 29.0 Å². The molecule has 0 spiro atoms. The molecule has 0 aliphatic carbocycles. The molecular weight excluding hydrogens is 541 g/mol. The second-order valence-electron chi connectivity index (χ2n) is 8.01. The summed E-state index contributed by atoms with van der Waals surface area (Å²) >= 11 is 0.650. The number of alkyl halides is 3. The van der Waals surface area contributed by atoms with Crippen LogP contribution >= 0.6 is 11.8 Å². The lowest BCUT2D eigenvalue weighted by Gasteiger charge is -2.13. The van der Waals surface area contributed by atoms with Gasteiger partial charge in [-0.3, -0.25) is 29.4 Å². The summed E-state index contributed by atoms with van der Waals surface area (Å²) in [5.41, 5.74) is -1.35. The van der Waals surface area contributed by atoms with Crippen LogP contribution in [0.15, 0.2) is 71.6 Å². The number of carbonyl (C=O) groups is 3. The van der Waals surface area contributed by atoms with Gasteiger partial charge in [0.25, 0.3) is 11.1 Å². The number of hydrogen-bond acceptors (Lipinski definition) is 8. The van der Waals surface area contributed by atoms with Crippen molar-refractivity contribution < 1.29 is 42.0 Å². The van der Waals surface area contributed by atoms with E-state index < -0.39 is 51.6 Å². The summed E-state index contributed by atoms with van der Waals surface area (Å²) in [5.74, 6) is -1.49. The first-order valence-corrected chi connectivity index (χ1v) is 11.8. The van der Waals surface area contributed by atoms with E-state index >= 15 is 0 Å². The summed E-state index contributed by atoms with van der Waals surface area (Å²) in [7, 11) is 1.27. The lowest BCUT2D eigenvalue weighted by molar-refractivity contribution is -0.385. The van der Waals surface area contributed by atoms with Crippen LogP contribution in [-0.4, -0.2) is 40.4 Å². The molecule has 1 saturated heterocycles. The Morgan fingerprint density at radius 1 is 1.03 bits per heavy atom. The molecule has 39 heavy (non-hydrogen) atoms. The van der Waals surface area contributed by atoms with Gasteiger partial charge in [0.15, 0.2) is 17.3 Å². The van der Waals surface area contributed by atoms with E-state index in [4.69, 9.17) is 9.47 Å². The average Bonchev–Trinajstić information content (AvgIpc) is 3.16. The number of carbonyl (C=O) groups excluding carboxylic acids is 3. The lowest BCUT2D eigenvalue weighted by Crippen LogP contribution is -2.33. The van der Waals surface area contributed by atoms with Crippen molar-refractivity contribution >= 4 is 40.5 Å². The first kappa shape index (κ1) is 27.4. The number of methoxy groups -OCH3 is 1. The zero-order valence-corrected chi connectivity index (χ0v) is 20.7. The van der Waals surface area contributed by atoms with E-state index in [0.717, 1.165) is 11.0 Å². The molecule has 0 unspecified atom stereocenters. The van der Waals surface area contributed by atoms with E-state index in [0.29, 0.717) is 35.0 Å². The van der Waals surface area contributed by atoms with Gasteiger partial charge in [0.2, 0.25) is 5.75 Å². The molecule has 3 aromatic carbocycles. The first-order chi connectivity index (χ1) is 18.5. The number of benzene rings is 3. The van der Waals surface area contributed by atoms with E-state index in [1.54, 1.807) is 30.3 Å². The maximum Gasteiger partial charge on any atom is 0.416 e. The van der Waals surface area contributed by atoms with E-state index in [1.165, 1.54) is 31.4 Å². The van der Waals surface area contributed by atoms with E-state index in [2.05, 4.69) is 0 Å². The third-order valence-corrected chi connectivity index (χ3v) is 6.37. The standard InChI is InChI=1S/C26H17F3N2O7S/c1-37-22-11-15(7-9-21(22)38-20-10-8-17(26(27,28)29)13-18(20)31(35)36)12-23-24(33)30(25(34)39-23)14-19(32)16-5-3-2-4-6-16/h2-13H,14H2,1H3/b23-12+. The highest BCUT2D eigenvalue weighted by atomic mass is 32.2. The number of ether oxygens (including phenoxy) is 2. The van der Waals surface area contributed by atoms with Crippen LogP contribution in [-0.2, 0) is 11.0 Å². The van der Waals surface area contributed by atoms with Crippen molar-refractivity contribution in [2.45, 2.75) is 6.18 Å². The van der Waals surface area contributed by atoms with E-state index in [-0.39, 0.29) is 16.4 Å². The molecule has 0 N–H and O–H groups in total. The molecule has 2 amide bonds. The van der Waals surface area contributed by atoms with Crippen LogP contribution in [0, 0.1) is 10.1 Å². The van der Waals surface area contributed by atoms with Crippen LogP contribution in [0.4, 0.5) is 23.7 Å². The smallest absolute Gasteiger partial charge is 0.416 e. The second-order valence-corrected chi connectivity index (χ2v) is 9.00. The van der Waals surface area contributed by atoms with E-state index in [1.807, 2.05) is 0 Å². The Balaban J connectivity index is 1.56. The van der Waals surface area contributed by atoms with Crippen molar-refractivity contribution in [3.05, 3.63) is 98.4 Å². The summed E-state index contributed by atoms with van der Waals surface area (Å²) in [4.78, 5) is 48.9. The largest absolute Gasteiger partial charge is 0.493 e. The van der Waals surface area contributed by atoms with Gasteiger partial charge in [-0.2, -0.15) is 13.2 Å². The maximum absolute atomic E-state index is 13.0. The number of amides is 2. The number of nitrogens with zero attached hydrogens (tertiary/aromatic N) is 2. The molecule has 0 saturated carbocycles. The van der Waals surface area contributed by atoms with E-state index in [9.17, 15) is 37.7 Å². The highest BCUT2D eigenvalue weighted by molar-refractivity contribution is 8.18. The summed E-state index contributed by atoms with van der Waals surface area (Å²) in [6.07, 6.45) is -3.39. The van der Waals surface area contributed by atoms with Gasteiger partial charge < -0.3 is 9.47 Å². The fourth-order valence-corrected chi connectivity index (χ4v) is 4.38. The monoisotopic (exact) mass is 558 g/mol. The lowest BCUT2D eigenvalue weighted by atomic mass is 10.1. The first-order valence-electron chi connectivity index (χ1n) is 11.0. The number of rotatable bonds is 8. The van der Waals surface area contributed by atoms with Crippen molar-refractivity contribution in [2.24, 2.45) is 0 Å². The van der Waals surface area contributed by atoms with Gasteiger partial charge in [0, 0.05) is 11.6 Å². The van der Waals surface area contributed by atoms with Crippen molar-refractivity contribution in [3.8, 4) is 17.2 Å². The second kappa shape index (κ2) is 11.0. The number of thioether (sulfide) groups is 1. The molecule has 0 bridgehead atoms. The van der Waals surface area contributed by atoms with Crippen LogP contribution in [0.5, 0.6) is 17.2 Å². The Labute approximate surface area is 223 Å². The zero-order valence-electron chi connectivity index (χ0n) is 19.9. The molecule has 0 aromatic heterocycles. The molecule has 4 rings (SSSR count). The summed E-state index contributed by atoms with van der Waals surface area (Å²) in [6.45, 7) is -0.423. The van der Waals surface area contributed by atoms with Gasteiger partial charge in [0.1, 0.15) is 0 Å². The quantitative estimate of drug-likeness (QED) is 0.136. The Hall–Kier alpha value is -4.65. The molecule has 1 heterocycles. The topological polar surface area (TPSA) is 116 Å². The SMILES string of the molecule is COc1cc(/C=C2/SC(=O)N(CC(=O)c3ccccc3)C2=O)ccc1Oc1ccc(C(F)(F)F)cc1[N+](=O)[O-]. The molecule has 200 valence electrons.